The van der Waals surface area contributed by atoms with Gasteiger partial charge in [0.2, 0.25) is 0 Å². The Morgan fingerprint density at radius 3 is 2.95 bits per heavy atom. The lowest BCUT2D eigenvalue weighted by molar-refractivity contribution is -0.151. The molecule has 0 spiro atoms. The zero-order chi connectivity index (χ0) is 15.0. The molecular weight excluding hydrogens is 296 g/mol. The lowest BCUT2D eigenvalue weighted by atomic mass is 10.1. The van der Waals surface area contributed by atoms with Crippen LogP contribution in [0.2, 0.25) is 5.02 Å². The summed E-state index contributed by atoms with van der Waals surface area (Å²) in [5.74, 6) is -1.02. The molecule has 1 unspecified atom stereocenters. The zero-order valence-electron chi connectivity index (χ0n) is 11.1. The summed E-state index contributed by atoms with van der Waals surface area (Å²) < 4.78 is 5.38. The number of halogens is 1. The summed E-state index contributed by atoms with van der Waals surface area (Å²) in [6.07, 6.45) is 1.13. The number of benzene rings is 1. The first-order valence-corrected chi connectivity index (χ1v) is 6.98. The second-order valence-corrected chi connectivity index (χ2v) is 5.44. The molecule has 1 aromatic rings. The molecule has 1 N–H and O–H groups in total. The van der Waals surface area contributed by atoms with Gasteiger partial charge in [0.15, 0.2) is 0 Å². The van der Waals surface area contributed by atoms with Gasteiger partial charge in [-0.3, -0.25) is 14.5 Å². The number of nitrogens with one attached hydrogen (secondary N) is 1. The fourth-order valence-electron chi connectivity index (χ4n) is 2.60. The van der Waals surface area contributed by atoms with Crippen molar-refractivity contribution in [3.8, 4) is 0 Å². The minimum Gasteiger partial charge on any atom is -0.456 e. The Hall–Kier alpha value is -2.08. The third-order valence-electron chi connectivity index (χ3n) is 3.63. The van der Waals surface area contributed by atoms with Gasteiger partial charge in [-0.25, -0.2) is 4.79 Å². The molecule has 0 aromatic heterocycles. The third kappa shape index (κ3) is 2.71. The van der Waals surface area contributed by atoms with Gasteiger partial charge in [0.1, 0.15) is 12.6 Å². The maximum atomic E-state index is 11.9. The molecule has 1 heterocycles. The summed E-state index contributed by atoms with van der Waals surface area (Å²) in [5.41, 5.74) is 2.00. The number of ether oxygens (including phenoxy) is 1. The number of carbonyl (C=O) groups excluding carboxylic acids is 3. The number of aryl methyl sites for hydroxylation is 1. The van der Waals surface area contributed by atoms with Gasteiger partial charge >= 0.3 is 12.0 Å². The van der Waals surface area contributed by atoms with Crippen molar-refractivity contribution < 1.29 is 19.1 Å². The van der Waals surface area contributed by atoms with Crippen molar-refractivity contribution in [1.82, 2.24) is 10.2 Å². The summed E-state index contributed by atoms with van der Waals surface area (Å²) in [6.45, 7) is -0.439. The normalized spacial score (nSPS) is 20.4. The summed E-state index contributed by atoms with van der Waals surface area (Å²) in [7, 11) is 0. The van der Waals surface area contributed by atoms with Crippen LogP contribution in [-0.4, -0.2) is 35.9 Å². The number of fused-ring (bicyclic) bond motifs is 1. The molecule has 1 fully saturated rings. The number of amides is 3. The standard InChI is InChI=1S/C14H13ClN2O4/c15-9-3-1-8-2-4-11(10(8)5-9)21-13(19)7-17-12(18)6-16-14(17)20/h1,3,5,11H,2,4,6-7H2,(H,16,20). The second kappa shape index (κ2) is 5.37. The van der Waals surface area contributed by atoms with E-state index >= 15 is 0 Å². The van der Waals surface area contributed by atoms with Crippen LogP contribution in [0.3, 0.4) is 0 Å². The number of nitrogens with zero attached hydrogens (tertiary/aromatic N) is 1. The molecule has 6 nitrogen and oxygen atoms in total. The molecule has 7 heteroatoms. The van der Waals surface area contributed by atoms with Crippen molar-refractivity contribution in [3.05, 3.63) is 34.3 Å². The molecule has 1 aliphatic heterocycles. The van der Waals surface area contributed by atoms with E-state index in [2.05, 4.69) is 5.32 Å². The Morgan fingerprint density at radius 2 is 2.24 bits per heavy atom. The van der Waals surface area contributed by atoms with Gasteiger partial charge in [0, 0.05) is 5.02 Å². The fourth-order valence-corrected chi connectivity index (χ4v) is 2.78. The average molecular weight is 309 g/mol. The van der Waals surface area contributed by atoms with Gasteiger partial charge in [0.05, 0.1) is 6.54 Å². The largest absolute Gasteiger partial charge is 0.456 e. The Bertz CT molecular complexity index is 615. The molecule has 0 bridgehead atoms. The quantitative estimate of drug-likeness (QED) is 0.677. The van der Waals surface area contributed by atoms with E-state index in [1.807, 2.05) is 6.07 Å². The van der Waals surface area contributed by atoms with E-state index in [-0.39, 0.29) is 19.2 Å². The first-order valence-electron chi connectivity index (χ1n) is 6.60. The van der Waals surface area contributed by atoms with Crippen molar-refractivity contribution in [2.24, 2.45) is 0 Å². The van der Waals surface area contributed by atoms with E-state index in [1.54, 1.807) is 12.1 Å². The topological polar surface area (TPSA) is 75.7 Å². The smallest absolute Gasteiger partial charge is 0.326 e. The highest BCUT2D eigenvalue weighted by Crippen LogP contribution is 2.35. The maximum absolute atomic E-state index is 11.9. The maximum Gasteiger partial charge on any atom is 0.326 e. The van der Waals surface area contributed by atoms with Crippen LogP contribution < -0.4 is 5.32 Å². The van der Waals surface area contributed by atoms with Gasteiger partial charge in [-0.15, -0.1) is 0 Å². The predicted octanol–water partition coefficient (Wildman–Crippen LogP) is 1.42. The number of carbonyl (C=O) groups is 3. The highest BCUT2D eigenvalue weighted by molar-refractivity contribution is 6.30. The van der Waals surface area contributed by atoms with Gasteiger partial charge in [0.25, 0.3) is 5.91 Å². The molecule has 1 atom stereocenters. The van der Waals surface area contributed by atoms with Crippen LogP contribution in [0.5, 0.6) is 0 Å². The van der Waals surface area contributed by atoms with E-state index in [0.717, 1.165) is 22.4 Å². The monoisotopic (exact) mass is 308 g/mol. The van der Waals surface area contributed by atoms with Gasteiger partial charge in [-0.1, -0.05) is 17.7 Å². The molecule has 1 saturated heterocycles. The van der Waals surface area contributed by atoms with Crippen LogP contribution in [0, 0.1) is 0 Å². The SMILES string of the molecule is O=C(CN1C(=O)CNC1=O)OC1CCc2ccc(Cl)cc21. The van der Waals surface area contributed by atoms with Crippen LogP contribution in [0.15, 0.2) is 18.2 Å². The summed E-state index contributed by atoms with van der Waals surface area (Å²) in [6, 6.07) is 4.95. The highest BCUT2D eigenvalue weighted by Gasteiger charge is 2.32. The van der Waals surface area contributed by atoms with E-state index in [0.29, 0.717) is 11.4 Å². The van der Waals surface area contributed by atoms with Crippen molar-refractivity contribution >= 4 is 29.5 Å². The van der Waals surface area contributed by atoms with E-state index < -0.39 is 17.9 Å². The first kappa shape index (κ1) is 13.9. The van der Waals surface area contributed by atoms with E-state index in [9.17, 15) is 14.4 Å². The van der Waals surface area contributed by atoms with Gasteiger partial charge < -0.3 is 10.1 Å². The number of hydrogen-bond donors (Lipinski definition) is 1. The Morgan fingerprint density at radius 1 is 1.43 bits per heavy atom. The lowest BCUT2D eigenvalue weighted by Gasteiger charge is -2.16. The molecule has 3 rings (SSSR count). The lowest BCUT2D eigenvalue weighted by Crippen LogP contribution is -2.36. The fraction of sp³-hybridized carbons (Fsp3) is 0.357. The molecule has 1 aromatic carbocycles. The average Bonchev–Trinajstić information content (AvgIpc) is 2.97. The number of rotatable bonds is 3. The predicted molar refractivity (Wildman–Crippen MR) is 73.7 cm³/mol. The molecule has 3 amide bonds. The van der Waals surface area contributed by atoms with Crippen LogP contribution in [-0.2, 0) is 20.7 Å². The third-order valence-corrected chi connectivity index (χ3v) is 3.86. The minimum atomic E-state index is -0.599. The Balaban J connectivity index is 1.66. The van der Waals surface area contributed by atoms with Crippen molar-refractivity contribution in [1.29, 1.82) is 0 Å². The van der Waals surface area contributed by atoms with Crippen LogP contribution in [0.4, 0.5) is 4.79 Å². The van der Waals surface area contributed by atoms with Crippen LogP contribution in [0.1, 0.15) is 23.7 Å². The zero-order valence-corrected chi connectivity index (χ0v) is 11.9. The molecule has 0 saturated carbocycles. The highest BCUT2D eigenvalue weighted by atomic mass is 35.5. The summed E-state index contributed by atoms with van der Waals surface area (Å²) in [4.78, 5) is 35.6. The van der Waals surface area contributed by atoms with Crippen molar-refractivity contribution in [2.75, 3.05) is 13.1 Å². The molecule has 2 aliphatic rings. The molecule has 1 aliphatic carbocycles. The number of hydrogen-bond acceptors (Lipinski definition) is 4. The molecule has 0 radical (unpaired) electrons. The Kier molecular flexibility index (Phi) is 3.55. The molecule has 21 heavy (non-hydrogen) atoms. The van der Waals surface area contributed by atoms with Crippen LogP contribution >= 0.6 is 11.6 Å². The molecule has 110 valence electrons. The molecular formula is C14H13ClN2O4. The Labute approximate surface area is 126 Å². The summed E-state index contributed by atoms with van der Waals surface area (Å²) >= 11 is 5.95. The second-order valence-electron chi connectivity index (χ2n) is 5.00. The number of urea groups is 1. The van der Waals surface area contributed by atoms with E-state index in [4.69, 9.17) is 16.3 Å². The number of imide groups is 1. The van der Waals surface area contributed by atoms with E-state index in [1.165, 1.54) is 0 Å². The van der Waals surface area contributed by atoms with Crippen LogP contribution in [0.25, 0.3) is 0 Å². The van der Waals surface area contributed by atoms with Gasteiger partial charge in [-0.05, 0) is 36.1 Å². The van der Waals surface area contributed by atoms with Crippen molar-refractivity contribution in [2.45, 2.75) is 18.9 Å². The van der Waals surface area contributed by atoms with Crippen molar-refractivity contribution in [3.63, 3.8) is 0 Å². The summed E-state index contributed by atoms with van der Waals surface area (Å²) in [5, 5.41) is 2.94. The first-order chi connectivity index (χ1) is 10.0. The number of esters is 1. The van der Waals surface area contributed by atoms with Gasteiger partial charge in [-0.2, -0.15) is 0 Å². The minimum absolute atomic E-state index is 0.0754.